The molecule has 3 heterocycles. The number of aliphatic carboxylic acids is 1. The van der Waals surface area contributed by atoms with Gasteiger partial charge in [0.05, 0.1) is 0 Å². The van der Waals surface area contributed by atoms with Gasteiger partial charge in [0.25, 0.3) is 15.5 Å². The van der Waals surface area contributed by atoms with Gasteiger partial charge in [0, 0.05) is 54.2 Å². The fourth-order valence-electron chi connectivity index (χ4n) is 3.02. The predicted molar refractivity (Wildman–Crippen MR) is 99.8 cm³/mol. The van der Waals surface area contributed by atoms with Gasteiger partial charge in [-0.3, -0.25) is 9.59 Å². The molecule has 3 rings (SSSR count). The van der Waals surface area contributed by atoms with Crippen molar-refractivity contribution in [2.75, 3.05) is 18.6 Å². The zero-order valence-corrected chi connectivity index (χ0v) is 17.4. The van der Waals surface area contributed by atoms with Crippen molar-refractivity contribution in [1.29, 1.82) is 0 Å². The van der Waals surface area contributed by atoms with E-state index in [0.29, 0.717) is 16.7 Å². The molecular weight excluding hydrogens is 499 g/mol. The number of β-lactam (4-membered cyclic amide) rings is 1. The van der Waals surface area contributed by atoms with Gasteiger partial charge in [-0.2, -0.15) is 0 Å². The van der Waals surface area contributed by atoms with Gasteiger partial charge in [-0.1, -0.05) is 11.8 Å². The van der Waals surface area contributed by atoms with Crippen LogP contribution in [0.4, 0.5) is 4.79 Å². The second kappa shape index (κ2) is 7.47. The molecule has 1 aromatic heterocycles. The number of carbonyl (C=O) groups is 3. The number of nitrogens with one attached hydrogen (secondary N) is 1. The van der Waals surface area contributed by atoms with E-state index in [1.54, 1.807) is 7.05 Å². The fourth-order valence-corrected chi connectivity index (χ4v) is 6.16. The Bertz CT molecular complexity index is 749. The molecule has 0 bridgehead atoms. The Balaban J connectivity index is 1.77. The highest BCUT2D eigenvalue weighted by atomic mass is 127. The standard InChI is InChI=1S/C12H15IN6O5S2/c1-18-11(15-16-17-18)26-4-5-3-25-9-12(24-2,14-10(13)23)8(22)19(9)6(5)7(20)21/h5-6,9H,3-4H2,1-2H3,(H,14,23)(H,20,21). The Morgan fingerprint density at radius 2 is 2.31 bits per heavy atom. The van der Waals surface area contributed by atoms with Crippen molar-refractivity contribution in [3.8, 4) is 0 Å². The van der Waals surface area contributed by atoms with Crippen molar-refractivity contribution in [2.24, 2.45) is 13.0 Å². The lowest BCUT2D eigenvalue weighted by atomic mass is 9.92. The number of fused-ring (bicyclic) bond motifs is 1. The first-order chi connectivity index (χ1) is 12.3. The molecule has 11 nitrogen and oxygen atoms in total. The molecule has 1 aromatic rings. The number of amides is 2. The van der Waals surface area contributed by atoms with E-state index in [-0.39, 0.29) is 5.92 Å². The quantitative estimate of drug-likeness (QED) is 0.131. The highest BCUT2D eigenvalue weighted by Gasteiger charge is 2.68. The van der Waals surface area contributed by atoms with E-state index < -0.39 is 32.9 Å². The van der Waals surface area contributed by atoms with Crippen molar-refractivity contribution in [3.05, 3.63) is 0 Å². The number of hydrogen-bond acceptors (Lipinski definition) is 9. The Morgan fingerprint density at radius 1 is 1.58 bits per heavy atom. The van der Waals surface area contributed by atoms with Gasteiger partial charge in [0.15, 0.2) is 0 Å². The molecule has 2 aliphatic heterocycles. The first kappa shape index (κ1) is 19.6. The molecule has 2 aliphatic rings. The van der Waals surface area contributed by atoms with Crippen molar-refractivity contribution in [3.63, 3.8) is 0 Å². The number of hydrogen-bond donors (Lipinski definition) is 2. The fraction of sp³-hybridized carbons (Fsp3) is 0.667. The summed E-state index contributed by atoms with van der Waals surface area (Å²) in [7, 11) is 3.02. The van der Waals surface area contributed by atoms with Crippen LogP contribution in [0.3, 0.4) is 0 Å². The van der Waals surface area contributed by atoms with E-state index in [0.717, 1.165) is 0 Å². The number of thioether (sulfide) groups is 2. The Morgan fingerprint density at radius 3 is 2.85 bits per heavy atom. The molecule has 4 atom stereocenters. The second-order valence-corrected chi connectivity index (χ2v) is 8.76. The van der Waals surface area contributed by atoms with Gasteiger partial charge in [-0.15, -0.1) is 16.9 Å². The lowest BCUT2D eigenvalue weighted by Gasteiger charge is -2.59. The number of aromatic nitrogens is 4. The molecule has 0 aromatic carbocycles. The number of carboxylic acids is 1. The molecule has 142 valence electrons. The van der Waals surface area contributed by atoms with Gasteiger partial charge in [-0.25, -0.2) is 9.48 Å². The van der Waals surface area contributed by atoms with Gasteiger partial charge in [0.2, 0.25) is 5.16 Å². The van der Waals surface area contributed by atoms with Crippen LogP contribution in [0.5, 0.6) is 0 Å². The normalized spacial score (nSPS) is 30.5. The van der Waals surface area contributed by atoms with Crippen LogP contribution >= 0.6 is 46.1 Å². The number of carbonyl (C=O) groups excluding carboxylic acids is 2. The van der Waals surface area contributed by atoms with E-state index in [1.807, 2.05) is 0 Å². The average molecular weight is 514 g/mol. The summed E-state index contributed by atoms with van der Waals surface area (Å²) in [4.78, 5) is 37.3. The summed E-state index contributed by atoms with van der Waals surface area (Å²) in [5.74, 6) is -1.01. The van der Waals surface area contributed by atoms with Crippen molar-refractivity contribution < 1.29 is 24.2 Å². The molecule has 0 aliphatic carbocycles. The Kier molecular flexibility index (Phi) is 5.64. The highest BCUT2D eigenvalue weighted by Crippen LogP contribution is 2.47. The maximum absolute atomic E-state index is 12.7. The third kappa shape index (κ3) is 3.16. The van der Waals surface area contributed by atoms with Crippen molar-refractivity contribution in [1.82, 2.24) is 30.4 Å². The summed E-state index contributed by atoms with van der Waals surface area (Å²) in [6.07, 6.45) is 0. The number of rotatable bonds is 6. The van der Waals surface area contributed by atoms with E-state index in [1.165, 1.54) is 62.8 Å². The van der Waals surface area contributed by atoms with Crippen LogP contribution < -0.4 is 5.32 Å². The van der Waals surface area contributed by atoms with Crippen LogP contribution in [0.15, 0.2) is 5.16 Å². The molecular formula is C12H15IN6O5S2. The molecule has 2 N–H and O–H groups in total. The zero-order chi connectivity index (χ0) is 19.1. The number of carboxylic acid groups (broad SMARTS) is 1. The van der Waals surface area contributed by atoms with Crippen LogP contribution in [0.2, 0.25) is 0 Å². The average Bonchev–Trinajstić information content (AvgIpc) is 3.01. The van der Waals surface area contributed by atoms with Gasteiger partial charge < -0.3 is 20.1 Å². The second-order valence-electron chi connectivity index (χ2n) is 5.68. The molecule has 0 spiro atoms. The monoisotopic (exact) mass is 514 g/mol. The topological polar surface area (TPSA) is 140 Å². The largest absolute Gasteiger partial charge is 0.480 e. The molecule has 0 saturated carbocycles. The first-order valence-electron chi connectivity index (χ1n) is 7.37. The zero-order valence-electron chi connectivity index (χ0n) is 13.7. The highest BCUT2D eigenvalue weighted by molar-refractivity contribution is 14.1. The maximum Gasteiger partial charge on any atom is 0.326 e. The minimum Gasteiger partial charge on any atom is -0.480 e. The number of nitrogens with zero attached hydrogens (tertiary/aromatic N) is 5. The molecule has 0 radical (unpaired) electrons. The van der Waals surface area contributed by atoms with Crippen molar-refractivity contribution in [2.45, 2.75) is 22.3 Å². The van der Waals surface area contributed by atoms with Gasteiger partial charge >= 0.3 is 5.97 Å². The third-order valence-electron chi connectivity index (χ3n) is 4.23. The van der Waals surface area contributed by atoms with E-state index in [4.69, 9.17) is 4.74 Å². The van der Waals surface area contributed by atoms with Crippen molar-refractivity contribution >= 4 is 61.9 Å². The minimum atomic E-state index is -1.51. The SMILES string of the molecule is COC1(NC(=O)I)C(=O)N2C(C(=O)O)C(CSc3nnnn3C)CSC21. The number of tetrazole rings is 1. The molecule has 4 unspecified atom stereocenters. The van der Waals surface area contributed by atoms with Crippen LogP contribution in [0, 0.1) is 5.92 Å². The van der Waals surface area contributed by atoms with E-state index in [9.17, 15) is 19.5 Å². The van der Waals surface area contributed by atoms with Gasteiger partial charge in [-0.05, 0) is 10.4 Å². The van der Waals surface area contributed by atoms with Crippen LogP contribution in [-0.2, 0) is 21.4 Å². The molecule has 2 saturated heterocycles. The van der Waals surface area contributed by atoms with Crippen LogP contribution in [0.25, 0.3) is 0 Å². The van der Waals surface area contributed by atoms with E-state index >= 15 is 0 Å². The van der Waals surface area contributed by atoms with Gasteiger partial charge in [0.1, 0.15) is 11.4 Å². The Labute approximate surface area is 170 Å². The van der Waals surface area contributed by atoms with Crippen LogP contribution in [0.1, 0.15) is 0 Å². The number of aryl methyl sites for hydroxylation is 1. The molecule has 2 fully saturated rings. The summed E-state index contributed by atoms with van der Waals surface area (Å²) in [5.41, 5.74) is -1.51. The smallest absolute Gasteiger partial charge is 0.326 e. The number of halogens is 1. The summed E-state index contributed by atoms with van der Waals surface area (Å²) >= 11 is 4.24. The predicted octanol–water partition coefficient (Wildman–Crippen LogP) is -0.226. The number of ether oxygens (including phenoxy) is 1. The summed E-state index contributed by atoms with van der Waals surface area (Å²) < 4.78 is 6.34. The third-order valence-corrected chi connectivity index (χ3v) is 7.20. The van der Waals surface area contributed by atoms with E-state index in [2.05, 4.69) is 20.8 Å². The lowest BCUT2D eigenvalue weighted by Crippen LogP contribution is -2.84. The first-order valence-corrected chi connectivity index (χ1v) is 10.5. The Hall–Kier alpha value is -1.13. The summed E-state index contributed by atoms with van der Waals surface area (Å²) in [5, 5.41) is 23.3. The maximum atomic E-state index is 12.7. The number of methoxy groups -OCH3 is 1. The summed E-state index contributed by atoms with van der Waals surface area (Å²) in [6, 6.07) is -1.00. The van der Waals surface area contributed by atoms with Crippen LogP contribution in [-0.4, -0.2) is 81.8 Å². The molecule has 14 heteroatoms. The summed E-state index contributed by atoms with van der Waals surface area (Å²) in [6.45, 7) is 0. The molecule has 26 heavy (non-hydrogen) atoms. The minimum absolute atomic E-state index is 0.301. The lowest BCUT2D eigenvalue weighted by molar-refractivity contribution is -0.202. The molecule has 2 amide bonds.